The van der Waals surface area contributed by atoms with E-state index in [2.05, 4.69) is 10.1 Å². The largest absolute Gasteiger partial charge is 0.445 e. The number of aryl methyl sites for hydroxylation is 2. The van der Waals surface area contributed by atoms with Crippen LogP contribution < -0.4 is 0 Å². The molecule has 4 rings (SSSR count). The minimum atomic E-state index is -3.61. The zero-order valence-corrected chi connectivity index (χ0v) is 17.2. The van der Waals surface area contributed by atoms with Gasteiger partial charge in [-0.25, -0.2) is 17.8 Å². The fourth-order valence-electron chi connectivity index (χ4n) is 3.73. The van der Waals surface area contributed by atoms with Crippen LogP contribution >= 0.6 is 0 Å². The fourth-order valence-corrected chi connectivity index (χ4v) is 5.45. The molecule has 7 nitrogen and oxygen atoms in total. The quantitative estimate of drug-likeness (QED) is 0.636. The number of hydrogen-bond donors (Lipinski definition) is 0. The maximum atomic E-state index is 13.1. The van der Waals surface area contributed by atoms with Gasteiger partial charge in [-0.15, -0.1) is 0 Å². The average Bonchev–Trinajstić information content (AvgIpc) is 3.30. The molecule has 1 aliphatic heterocycles. The normalized spacial score (nSPS) is 18.2. The summed E-state index contributed by atoms with van der Waals surface area (Å²) in [4.78, 5) is 4.63. The lowest BCUT2D eigenvalue weighted by Gasteiger charge is -2.30. The van der Waals surface area contributed by atoms with Crippen molar-refractivity contribution in [2.24, 2.45) is 7.05 Å². The number of rotatable bonds is 5. The lowest BCUT2D eigenvalue weighted by molar-refractivity contribution is 0.281. The first-order chi connectivity index (χ1) is 13.8. The average molecular weight is 418 g/mol. The first-order valence-electron chi connectivity index (χ1n) is 9.52. The van der Waals surface area contributed by atoms with Gasteiger partial charge < -0.3 is 4.42 Å². The first-order valence-corrected chi connectivity index (χ1v) is 11.0. The molecule has 1 aliphatic rings. The molecular formula is C20H23FN4O3S. The highest BCUT2D eigenvalue weighted by atomic mass is 32.2. The van der Waals surface area contributed by atoms with E-state index in [9.17, 15) is 12.8 Å². The van der Waals surface area contributed by atoms with Gasteiger partial charge in [0.15, 0.2) is 5.89 Å². The van der Waals surface area contributed by atoms with E-state index in [4.69, 9.17) is 4.42 Å². The summed E-state index contributed by atoms with van der Waals surface area (Å²) in [7, 11) is -1.90. The number of piperidine rings is 1. The minimum Gasteiger partial charge on any atom is -0.445 e. The summed E-state index contributed by atoms with van der Waals surface area (Å²) in [6.07, 6.45) is 5.27. The van der Waals surface area contributed by atoms with Crippen LogP contribution in [0.4, 0.5) is 4.39 Å². The summed E-state index contributed by atoms with van der Waals surface area (Å²) >= 11 is 0. The molecule has 0 saturated carbocycles. The molecule has 0 unspecified atom stereocenters. The molecule has 3 heterocycles. The van der Waals surface area contributed by atoms with E-state index in [1.54, 1.807) is 38.5 Å². The number of halogens is 1. The molecule has 0 radical (unpaired) electrons. The van der Waals surface area contributed by atoms with Crippen molar-refractivity contribution in [3.05, 3.63) is 65.4 Å². The summed E-state index contributed by atoms with van der Waals surface area (Å²) in [6.45, 7) is 2.49. The Kier molecular flexibility index (Phi) is 5.26. The molecule has 1 fully saturated rings. The number of sulfonamides is 1. The van der Waals surface area contributed by atoms with Crippen molar-refractivity contribution < 1.29 is 17.2 Å². The predicted molar refractivity (Wildman–Crippen MR) is 104 cm³/mol. The molecule has 2 aromatic heterocycles. The monoisotopic (exact) mass is 418 g/mol. The van der Waals surface area contributed by atoms with Gasteiger partial charge in [-0.3, -0.25) is 4.68 Å². The molecule has 1 aromatic carbocycles. The maximum absolute atomic E-state index is 13.1. The molecule has 0 bridgehead atoms. The highest BCUT2D eigenvalue weighted by molar-refractivity contribution is 7.89. The lowest BCUT2D eigenvalue weighted by atomic mass is 10.00. The van der Waals surface area contributed by atoms with Gasteiger partial charge >= 0.3 is 0 Å². The number of benzene rings is 1. The summed E-state index contributed by atoms with van der Waals surface area (Å²) in [5.41, 5.74) is 1.42. The second-order valence-corrected chi connectivity index (χ2v) is 9.33. The third kappa shape index (κ3) is 4.11. The van der Waals surface area contributed by atoms with E-state index in [1.807, 2.05) is 0 Å². The molecule has 1 saturated heterocycles. The van der Waals surface area contributed by atoms with Crippen LogP contribution in [-0.4, -0.2) is 40.6 Å². The van der Waals surface area contributed by atoms with Crippen molar-refractivity contribution in [2.75, 3.05) is 13.1 Å². The van der Waals surface area contributed by atoms with Crippen molar-refractivity contribution in [3.63, 3.8) is 0 Å². The van der Waals surface area contributed by atoms with Crippen LogP contribution in [0.3, 0.4) is 0 Å². The standard InChI is InChI=1S/C20H23FN4O3S/c1-14-19(13-24(2)23-14)29(26,27)25-9-3-4-16(12-25)20-22-11-18(28-20)10-15-5-7-17(21)8-6-15/h5-8,11,13,16H,3-4,9-10,12H2,1-2H3/t16-/m1/s1. The van der Waals surface area contributed by atoms with Crippen LogP contribution in [0.2, 0.25) is 0 Å². The summed E-state index contributed by atoms with van der Waals surface area (Å²) in [5.74, 6) is 0.844. The van der Waals surface area contributed by atoms with Gasteiger partial charge in [0.05, 0.1) is 11.9 Å². The first kappa shape index (κ1) is 19.8. The Morgan fingerprint density at radius 3 is 2.72 bits per heavy atom. The van der Waals surface area contributed by atoms with Gasteiger partial charge in [0, 0.05) is 38.7 Å². The highest BCUT2D eigenvalue weighted by Crippen LogP contribution is 2.31. The zero-order chi connectivity index (χ0) is 20.6. The number of nitrogens with zero attached hydrogens (tertiary/aromatic N) is 4. The molecule has 154 valence electrons. The Bertz CT molecular complexity index is 1110. The number of aromatic nitrogens is 3. The second kappa shape index (κ2) is 7.72. The summed E-state index contributed by atoms with van der Waals surface area (Å²) in [5, 5.41) is 4.15. The van der Waals surface area contributed by atoms with Crippen LogP contribution in [0.15, 0.2) is 46.0 Å². The minimum absolute atomic E-state index is 0.0996. The molecule has 0 N–H and O–H groups in total. The van der Waals surface area contributed by atoms with Gasteiger partial charge in [-0.1, -0.05) is 12.1 Å². The van der Waals surface area contributed by atoms with Gasteiger partial charge in [-0.05, 0) is 37.5 Å². The van der Waals surface area contributed by atoms with Crippen LogP contribution in [0, 0.1) is 12.7 Å². The van der Waals surface area contributed by atoms with Crippen LogP contribution in [-0.2, 0) is 23.5 Å². The Morgan fingerprint density at radius 1 is 1.28 bits per heavy atom. The molecule has 1 atom stereocenters. The van der Waals surface area contributed by atoms with Gasteiger partial charge in [-0.2, -0.15) is 9.40 Å². The molecule has 0 aliphatic carbocycles. The molecule has 29 heavy (non-hydrogen) atoms. The van der Waals surface area contributed by atoms with Crippen LogP contribution in [0.1, 0.15) is 41.7 Å². The lowest BCUT2D eigenvalue weighted by Crippen LogP contribution is -2.39. The van der Waals surface area contributed by atoms with Crippen LogP contribution in [0.5, 0.6) is 0 Å². The Balaban J connectivity index is 1.49. The molecule has 0 amide bonds. The SMILES string of the molecule is Cc1nn(C)cc1S(=O)(=O)N1CCC[C@@H](c2ncc(Cc3ccc(F)cc3)o2)C1. The van der Waals surface area contributed by atoms with Crippen LogP contribution in [0.25, 0.3) is 0 Å². The van der Waals surface area contributed by atoms with E-state index < -0.39 is 10.0 Å². The van der Waals surface area contributed by atoms with E-state index in [0.717, 1.165) is 18.4 Å². The van der Waals surface area contributed by atoms with Gasteiger partial charge in [0.2, 0.25) is 10.0 Å². The third-order valence-electron chi connectivity index (χ3n) is 5.18. The van der Waals surface area contributed by atoms with Gasteiger partial charge in [0.1, 0.15) is 16.5 Å². The van der Waals surface area contributed by atoms with Crippen molar-refractivity contribution >= 4 is 10.0 Å². The van der Waals surface area contributed by atoms with Gasteiger partial charge in [0.25, 0.3) is 0 Å². The van der Waals surface area contributed by atoms with Crippen molar-refractivity contribution in [3.8, 4) is 0 Å². The summed E-state index contributed by atoms with van der Waals surface area (Å²) < 4.78 is 48.1. The highest BCUT2D eigenvalue weighted by Gasteiger charge is 2.34. The second-order valence-electron chi connectivity index (χ2n) is 7.42. The maximum Gasteiger partial charge on any atom is 0.246 e. The third-order valence-corrected chi connectivity index (χ3v) is 7.15. The molecular weight excluding hydrogens is 395 g/mol. The predicted octanol–water partition coefficient (Wildman–Crippen LogP) is 3.01. The topological polar surface area (TPSA) is 81.2 Å². The zero-order valence-electron chi connectivity index (χ0n) is 16.4. The molecule has 3 aromatic rings. The summed E-state index contributed by atoms with van der Waals surface area (Å²) in [6, 6.07) is 6.25. The van der Waals surface area contributed by atoms with Crippen molar-refractivity contribution in [2.45, 2.75) is 37.0 Å². The number of oxazole rings is 1. The number of hydrogen-bond acceptors (Lipinski definition) is 5. The van der Waals surface area contributed by atoms with E-state index >= 15 is 0 Å². The fraction of sp³-hybridized carbons (Fsp3) is 0.400. The van der Waals surface area contributed by atoms with E-state index in [0.29, 0.717) is 36.9 Å². The molecule has 9 heteroatoms. The van der Waals surface area contributed by atoms with E-state index in [1.165, 1.54) is 21.1 Å². The Hall–Kier alpha value is -2.52. The smallest absolute Gasteiger partial charge is 0.246 e. The van der Waals surface area contributed by atoms with E-state index in [-0.39, 0.29) is 16.6 Å². The molecule has 0 spiro atoms. The Labute approximate surface area is 169 Å². The van der Waals surface area contributed by atoms with Crippen molar-refractivity contribution in [1.82, 2.24) is 19.1 Å². The van der Waals surface area contributed by atoms with Crippen molar-refractivity contribution in [1.29, 1.82) is 0 Å². The Morgan fingerprint density at radius 2 is 2.03 bits per heavy atom.